The number of ketones is 2. The number of nitrogen functional groups attached to an aromatic ring is 1. The van der Waals surface area contributed by atoms with E-state index < -0.39 is 15.9 Å². The summed E-state index contributed by atoms with van der Waals surface area (Å²) in [5, 5.41) is 3.31. The maximum atomic E-state index is 13.3. The van der Waals surface area contributed by atoms with Gasteiger partial charge in [-0.1, -0.05) is 43.5 Å². The van der Waals surface area contributed by atoms with Crippen LogP contribution in [0.4, 0.5) is 11.4 Å². The molecule has 0 amide bonds. The number of anilines is 2. The van der Waals surface area contributed by atoms with Crippen LogP contribution in [-0.4, -0.2) is 33.1 Å². The van der Waals surface area contributed by atoms with Crippen molar-refractivity contribution < 1.29 is 22.2 Å². The second-order valence-electron chi connectivity index (χ2n) is 7.39. The quantitative estimate of drug-likeness (QED) is 0.498. The van der Waals surface area contributed by atoms with Gasteiger partial charge in [0.15, 0.2) is 11.6 Å². The standard InChI is InChI=1S/C21H22N2O5S/c1-28-29(26,27)16-11-15(23-12-7-3-2-4-8-12)17-18(19(16)22)21(25)14-10-6-5-9-13(14)20(17)24/h5-6,9-12,23H,2-4,7-8,22H2,1H3. The SMILES string of the molecule is COS(=O)(=O)c1cc(NC2CCCCC2)c2c(c1N)C(=O)c1ccccc1C2=O. The molecule has 0 atom stereocenters. The molecule has 2 aliphatic rings. The van der Waals surface area contributed by atoms with E-state index >= 15 is 0 Å². The van der Waals surface area contributed by atoms with E-state index in [0.29, 0.717) is 11.3 Å². The Balaban J connectivity index is 1.96. The van der Waals surface area contributed by atoms with Crippen molar-refractivity contribution in [3.63, 3.8) is 0 Å². The molecule has 0 aliphatic heterocycles. The van der Waals surface area contributed by atoms with Crippen molar-refractivity contribution in [2.24, 2.45) is 0 Å². The van der Waals surface area contributed by atoms with Crippen LogP contribution in [0.15, 0.2) is 35.2 Å². The smallest absolute Gasteiger partial charge is 0.298 e. The molecule has 0 radical (unpaired) electrons. The highest BCUT2D eigenvalue weighted by Gasteiger charge is 2.37. The molecular formula is C21H22N2O5S. The number of nitrogens with one attached hydrogen (secondary N) is 1. The number of rotatable bonds is 4. The Bertz CT molecular complexity index is 1120. The van der Waals surface area contributed by atoms with Crippen LogP contribution >= 0.6 is 0 Å². The maximum absolute atomic E-state index is 13.3. The molecule has 1 fully saturated rings. The van der Waals surface area contributed by atoms with Crippen LogP contribution in [0.2, 0.25) is 0 Å². The number of fused-ring (bicyclic) bond motifs is 2. The first-order valence-corrected chi connectivity index (χ1v) is 11.0. The Morgan fingerprint density at radius 3 is 2.17 bits per heavy atom. The second kappa shape index (κ2) is 7.27. The fourth-order valence-electron chi connectivity index (χ4n) is 4.17. The van der Waals surface area contributed by atoms with Gasteiger partial charge in [-0.25, -0.2) is 0 Å². The lowest BCUT2D eigenvalue weighted by Crippen LogP contribution is -2.28. The summed E-state index contributed by atoms with van der Waals surface area (Å²) in [5.74, 6) is -0.811. The summed E-state index contributed by atoms with van der Waals surface area (Å²) < 4.78 is 29.6. The zero-order valence-electron chi connectivity index (χ0n) is 16.0. The van der Waals surface area contributed by atoms with E-state index in [-0.39, 0.29) is 39.1 Å². The Morgan fingerprint density at radius 1 is 1.00 bits per heavy atom. The third-order valence-corrected chi connectivity index (χ3v) is 6.97. The van der Waals surface area contributed by atoms with Crippen molar-refractivity contribution in [1.29, 1.82) is 0 Å². The lowest BCUT2D eigenvalue weighted by molar-refractivity contribution is 0.0980. The monoisotopic (exact) mass is 414 g/mol. The van der Waals surface area contributed by atoms with Crippen molar-refractivity contribution in [2.75, 3.05) is 18.2 Å². The molecule has 2 aromatic rings. The lowest BCUT2D eigenvalue weighted by Gasteiger charge is -2.28. The van der Waals surface area contributed by atoms with Gasteiger partial charge in [0.2, 0.25) is 0 Å². The predicted molar refractivity (Wildman–Crippen MR) is 109 cm³/mol. The first-order chi connectivity index (χ1) is 13.8. The summed E-state index contributed by atoms with van der Waals surface area (Å²) in [5.41, 5.74) is 6.73. The van der Waals surface area contributed by atoms with E-state index in [4.69, 9.17) is 5.73 Å². The first kappa shape index (κ1) is 19.6. The normalized spacial score (nSPS) is 17.0. The van der Waals surface area contributed by atoms with Crippen LogP contribution in [0, 0.1) is 0 Å². The van der Waals surface area contributed by atoms with Gasteiger partial charge >= 0.3 is 0 Å². The van der Waals surface area contributed by atoms with E-state index in [1.807, 2.05) is 0 Å². The zero-order valence-corrected chi connectivity index (χ0v) is 16.8. The Morgan fingerprint density at radius 2 is 1.59 bits per heavy atom. The van der Waals surface area contributed by atoms with Gasteiger partial charge in [-0.15, -0.1) is 0 Å². The van der Waals surface area contributed by atoms with Crippen molar-refractivity contribution in [2.45, 2.75) is 43.0 Å². The van der Waals surface area contributed by atoms with Crippen molar-refractivity contribution in [1.82, 2.24) is 0 Å². The Kier molecular flexibility index (Phi) is 4.92. The van der Waals surface area contributed by atoms with Gasteiger partial charge in [0.05, 0.1) is 23.9 Å². The summed E-state index contributed by atoms with van der Waals surface area (Å²) in [4.78, 5) is 26.2. The molecule has 2 aliphatic carbocycles. The molecule has 7 nitrogen and oxygen atoms in total. The van der Waals surface area contributed by atoms with Crippen LogP contribution in [0.1, 0.15) is 63.9 Å². The number of benzene rings is 2. The van der Waals surface area contributed by atoms with E-state index in [1.54, 1.807) is 24.3 Å². The number of hydrogen-bond donors (Lipinski definition) is 2. The van der Waals surface area contributed by atoms with E-state index in [9.17, 15) is 18.0 Å². The van der Waals surface area contributed by atoms with Crippen LogP contribution in [0.3, 0.4) is 0 Å². The molecule has 0 aromatic heterocycles. The van der Waals surface area contributed by atoms with Crippen molar-refractivity contribution >= 4 is 33.1 Å². The molecule has 3 N–H and O–H groups in total. The molecule has 0 saturated heterocycles. The fourth-order valence-corrected chi connectivity index (χ4v) is 4.98. The second-order valence-corrected chi connectivity index (χ2v) is 9.07. The zero-order chi connectivity index (χ0) is 20.8. The van der Waals surface area contributed by atoms with Gasteiger partial charge in [-0.05, 0) is 18.9 Å². The molecule has 29 heavy (non-hydrogen) atoms. The van der Waals surface area contributed by atoms with Gasteiger partial charge < -0.3 is 11.1 Å². The topological polar surface area (TPSA) is 116 Å². The fraction of sp³-hybridized carbons (Fsp3) is 0.333. The van der Waals surface area contributed by atoms with Crippen molar-refractivity contribution in [3.05, 3.63) is 52.6 Å². The molecule has 1 saturated carbocycles. The van der Waals surface area contributed by atoms with E-state index in [2.05, 4.69) is 9.50 Å². The van der Waals surface area contributed by atoms with Gasteiger partial charge in [-0.3, -0.25) is 13.8 Å². The largest absolute Gasteiger partial charge is 0.397 e. The summed E-state index contributed by atoms with van der Waals surface area (Å²) in [6.45, 7) is 0. The minimum absolute atomic E-state index is 0.0786. The summed E-state index contributed by atoms with van der Waals surface area (Å²) >= 11 is 0. The number of carbonyl (C=O) groups is 2. The molecule has 0 bridgehead atoms. The molecule has 8 heteroatoms. The first-order valence-electron chi connectivity index (χ1n) is 9.57. The Labute approximate surface area is 169 Å². The average Bonchev–Trinajstić information content (AvgIpc) is 2.73. The summed E-state index contributed by atoms with van der Waals surface area (Å²) in [7, 11) is -3.14. The Hall–Kier alpha value is -2.71. The number of nitrogens with two attached hydrogens (primary N) is 1. The molecule has 0 unspecified atom stereocenters. The number of carbonyl (C=O) groups excluding carboxylic acids is 2. The highest BCUT2D eigenvalue weighted by molar-refractivity contribution is 7.87. The minimum Gasteiger partial charge on any atom is -0.397 e. The molecule has 0 spiro atoms. The van der Waals surface area contributed by atoms with Crippen LogP contribution in [-0.2, 0) is 14.3 Å². The van der Waals surface area contributed by atoms with Crippen molar-refractivity contribution in [3.8, 4) is 0 Å². The van der Waals surface area contributed by atoms with Gasteiger partial charge in [0, 0.05) is 22.9 Å². The van der Waals surface area contributed by atoms with Crippen LogP contribution in [0.5, 0.6) is 0 Å². The van der Waals surface area contributed by atoms with Crippen LogP contribution < -0.4 is 11.1 Å². The molecule has 0 heterocycles. The molecular weight excluding hydrogens is 392 g/mol. The third kappa shape index (κ3) is 3.22. The summed E-state index contributed by atoms with van der Waals surface area (Å²) in [6.07, 6.45) is 5.06. The summed E-state index contributed by atoms with van der Waals surface area (Å²) in [6, 6.07) is 7.90. The molecule has 4 rings (SSSR count). The van der Waals surface area contributed by atoms with Gasteiger partial charge in [0.25, 0.3) is 10.1 Å². The predicted octanol–water partition coefficient (Wildman–Crippen LogP) is 3.12. The van der Waals surface area contributed by atoms with Gasteiger partial charge in [0.1, 0.15) is 4.90 Å². The third-order valence-electron chi connectivity index (χ3n) is 5.65. The van der Waals surface area contributed by atoms with Crippen LogP contribution in [0.25, 0.3) is 0 Å². The number of hydrogen-bond acceptors (Lipinski definition) is 7. The van der Waals surface area contributed by atoms with Gasteiger partial charge in [-0.2, -0.15) is 8.42 Å². The highest BCUT2D eigenvalue weighted by atomic mass is 32.2. The maximum Gasteiger partial charge on any atom is 0.298 e. The average molecular weight is 414 g/mol. The van der Waals surface area contributed by atoms with E-state index in [0.717, 1.165) is 39.2 Å². The van der Waals surface area contributed by atoms with E-state index in [1.165, 1.54) is 6.07 Å². The molecule has 2 aromatic carbocycles. The highest BCUT2D eigenvalue weighted by Crippen LogP contribution is 2.40. The lowest BCUT2D eigenvalue weighted by atomic mass is 9.82. The minimum atomic E-state index is -4.17. The molecule has 152 valence electrons.